The first kappa shape index (κ1) is 11.9. The van der Waals surface area contributed by atoms with E-state index in [2.05, 4.69) is 15.5 Å². The first-order chi connectivity index (χ1) is 7.84. The van der Waals surface area contributed by atoms with Gasteiger partial charge in [-0.1, -0.05) is 0 Å². The van der Waals surface area contributed by atoms with Crippen LogP contribution in [-0.4, -0.2) is 49.6 Å². The molecule has 0 aromatic carbocycles. The lowest BCUT2D eigenvalue weighted by atomic mass is 10.2. The zero-order chi connectivity index (χ0) is 11.2. The first-order valence-electron chi connectivity index (χ1n) is 6.57. The fourth-order valence-corrected chi connectivity index (χ4v) is 2.52. The van der Waals surface area contributed by atoms with Crippen LogP contribution in [-0.2, 0) is 4.79 Å². The first-order valence-corrected chi connectivity index (χ1v) is 6.57. The SMILES string of the molecule is O=C(CCN1CCCC1)NCC1CCCN1. The quantitative estimate of drug-likeness (QED) is 0.709. The molecule has 2 heterocycles. The van der Waals surface area contributed by atoms with Crippen LogP contribution in [0.1, 0.15) is 32.1 Å². The van der Waals surface area contributed by atoms with E-state index in [1.807, 2.05) is 0 Å². The molecule has 0 saturated carbocycles. The summed E-state index contributed by atoms with van der Waals surface area (Å²) in [4.78, 5) is 14.0. The maximum absolute atomic E-state index is 11.6. The predicted molar refractivity (Wildman–Crippen MR) is 64.3 cm³/mol. The van der Waals surface area contributed by atoms with Gasteiger partial charge in [0.2, 0.25) is 5.91 Å². The van der Waals surface area contributed by atoms with E-state index in [0.717, 1.165) is 19.6 Å². The third-order valence-corrected chi connectivity index (χ3v) is 3.56. The van der Waals surface area contributed by atoms with Crippen molar-refractivity contribution in [1.82, 2.24) is 15.5 Å². The zero-order valence-corrected chi connectivity index (χ0v) is 10.0. The Hall–Kier alpha value is -0.610. The number of carbonyl (C=O) groups excluding carboxylic acids is 1. The zero-order valence-electron chi connectivity index (χ0n) is 10.0. The molecule has 1 amide bonds. The van der Waals surface area contributed by atoms with Crippen molar-refractivity contribution in [2.75, 3.05) is 32.7 Å². The number of hydrogen-bond acceptors (Lipinski definition) is 3. The van der Waals surface area contributed by atoms with Gasteiger partial charge in [-0.2, -0.15) is 0 Å². The Morgan fingerprint density at radius 2 is 2.12 bits per heavy atom. The standard InChI is InChI=1S/C12H23N3O/c16-12(5-9-15-7-1-2-8-15)14-10-11-4-3-6-13-11/h11,13H,1-10H2,(H,14,16). The smallest absolute Gasteiger partial charge is 0.221 e. The van der Waals surface area contributed by atoms with E-state index in [9.17, 15) is 4.79 Å². The van der Waals surface area contributed by atoms with Gasteiger partial charge in [0.15, 0.2) is 0 Å². The summed E-state index contributed by atoms with van der Waals surface area (Å²) in [6.07, 6.45) is 5.70. The van der Waals surface area contributed by atoms with Gasteiger partial charge in [-0.3, -0.25) is 4.79 Å². The number of hydrogen-bond donors (Lipinski definition) is 2. The van der Waals surface area contributed by atoms with Crippen molar-refractivity contribution in [3.8, 4) is 0 Å². The van der Waals surface area contributed by atoms with Crippen LogP contribution in [0.2, 0.25) is 0 Å². The van der Waals surface area contributed by atoms with E-state index in [0.29, 0.717) is 12.5 Å². The van der Waals surface area contributed by atoms with Crippen LogP contribution >= 0.6 is 0 Å². The Morgan fingerprint density at radius 1 is 1.31 bits per heavy atom. The van der Waals surface area contributed by atoms with Crippen LogP contribution in [0.4, 0.5) is 0 Å². The molecule has 4 heteroatoms. The van der Waals surface area contributed by atoms with Gasteiger partial charge in [-0.05, 0) is 45.3 Å². The fourth-order valence-electron chi connectivity index (χ4n) is 2.52. The maximum Gasteiger partial charge on any atom is 0.221 e. The van der Waals surface area contributed by atoms with Crippen molar-refractivity contribution >= 4 is 5.91 Å². The lowest BCUT2D eigenvalue weighted by Gasteiger charge is -2.15. The lowest BCUT2D eigenvalue weighted by molar-refractivity contribution is -0.121. The van der Waals surface area contributed by atoms with E-state index in [1.165, 1.54) is 38.8 Å². The second-order valence-electron chi connectivity index (χ2n) is 4.90. The summed E-state index contributed by atoms with van der Waals surface area (Å²) < 4.78 is 0. The minimum Gasteiger partial charge on any atom is -0.354 e. The van der Waals surface area contributed by atoms with Crippen molar-refractivity contribution in [1.29, 1.82) is 0 Å². The largest absolute Gasteiger partial charge is 0.354 e. The van der Waals surface area contributed by atoms with Gasteiger partial charge in [0.25, 0.3) is 0 Å². The number of likely N-dealkylation sites (tertiary alicyclic amines) is 1. The van der Waals surface area contributed by atoms with Crippen LogP contribution in [0.5, 0.6) is 0 Å². The second-order valence-corrected chi connectivity index (χ2v) is 4.90. The Labute approximate surface area is 97.8 Å². The van der Waals surface area contributed by atoms with Crippen LogP contribution in [0.3, 0.4) is 0 Å². The highest BCUT2D eigenvalue weighted by Gasteiger charge is 2.16. The van der Waals surface area contributed by atoms with Crippen LogP contribution in [0.25, 0.3) is 0 Å². The van der Waals surface area contributed by atoms with Gasteiger partial charge in [0, 0.05) is 25.6 Å². The Morgan fingerprint density at radius 3 is 2.81 bits per heavy atom. The van der Waals surface area contributed by atoms with Crippen molar-refractivity contribution in [3.63, 3.8) is 0 Å². The molecule has 92 valence electrons. The van der Waals surface area contributed by atoms with Crippen molar-refractivity contribution in [3.05, 3.63) is 0 Å². The fraction of sp³-hybridized carbons (Fsp3) is 0.917. The summed E-state index contributed by atoms with van der Waals surface area (Å²) in [5, 5.41) is 6.40. The van der Waals surface area contributed by atoms with Crippen LogP contribution < -0.4 is 10.6 Å². The summed E-state index contributed by atoms with van der Waals surface area (Å²) in [6.45, 7) is 5.20. The van der Waals surface area contributed by atoms with Gasteiger partial charge in [0.1, 0.15) is 0 Å². The molecule has 2 aliphatic rings. The van der Waals surface area contributed by atoms with Gasteiger partial charge in [0.05, 0.1) is 0 Å². The van der Waals surface area contributed by atoms with E-state index in [4.69, 9.17) is 0 Å². The molecule has 2 N–H and O–H groups in total. The molecule has 1 atom stereocenters. The number of nitrogens with one attached hydrogen (secondary N) is 2. The van der Waals surface area contributed by atoms with Gasteiger partial charge < -0.3 is 15.5 Å². The molecule has 2 aliphatic heterocycles. The molecule has 2 fully saturated rings. The van der Waals surface area contributed by atoms with E-state index >= 15 is 0 Å². The highest BCUT2D eigenvalue weighted by Crippen LogP contribution is 2.07. The van der Waals surface area contributed by atoms with Gasteiger partial charge >= 0.3 is 0 Å². The highest BCUT2D eigenvalue weighted by molar-refractivity contribution is 5.76. The molecule has 16 heavy (non-hydrogen) atoms. The normalized spacial score (nSPS) is 26.1. The molecule has 2 rings (SSSR count). The third-order valence-electron chi connectivity index (χ3n) is 3.56. The van der Waals surface area contributed by atoms with Crippen LogP contribution in [0.15, 0.2) is 0 Å². The lowest BCUT2D eigenvalue weighted by Crippen LogP contribution is -2.38. The Balaban J connectivity index is 1.53. The Kier molecular flexibility index (Phi) is 4.60. The van der Waals surface area contributed by atoms with E-state index in [1.54, 1.807) is 0 Å². The number of carbonyl (C=O) groups is 1. The maximum atomic E-state index is 11.6. The average Bonchev–Trinajstić information content (AvgIpc) is 2.96. The molecule has 1 unspecified atom stereocenters. The predicted octanol–water partition coefficient (Wildman–Crippen LogP) is 0.341. The minimum absolute atomic E-state index is 0.209. The third kappa shape index (κ3) is 3.76. The minimum atomic E-state index is 0.209. The second kappa shape index (κ2) is 6.21. The number of amides is 1. The molecule has 4 nitrogen and oxygen atoms in total. The van der Waals surface area contributed by atoms with Crippen LogP contribution in [0, 0.1) is 0 Å². The molecular weight excluding hydrogens is 202 g/mol. The van der Waals surface area contributed by atoms with Crippen molar-refractivity contribution in [2.45, 2.75) is 38.1 Å². The molecule has 0 bridgehead atoms. The molecule has 0 aromatic heterocycles. The summed E-state index contributed by atoms with van der Waals surface area (Å²) in [5.41, 5.74) is 0. The molecule has 0 aromatic rings. The summed E-state index contributed by atoms with van der Waals surface area (Å²) in [5.74, 6) is 0.209. The van der Waals surface area contributed by atoms with Gasteiger partial charge in [-0.25, -0.2) is 0 Å². The summed E-state index contributed by atoms with van der Waals surface area (Å²) in [6, 6.07) is 0.510. The summed E-state index contributed by atoms with van der Waals surface area (Å²) >= 11 is 0. The average molecular weight is 225 g/mol. The highest BCUT2D eigenvalue weighted by atomic mass is 16.1. The number of nitrogens with zero attached hydrogens (tertiary/aromatic N) is 1. The number of rotatable bonds is 5. The molecule has 0 spiro atoms. The monoisotopic (exact) mass is 225 g/mol. The molecule has 2 saturated heterocycles. The van der Waals surface area contributed by atoms with E-state index in [-0.39, 0.29) is 5.91 Å². The molecular formula is C12H23N3O. The van der Waals surface area contributed by atoms with Gasteiger partial charge in [-0.15, -0.1) is 0 Å². The van der Waals surface area contributed by atoms with E-state index < -0.39 is 0 Å². The summed E-state index contributed by atoms with van der Waals surface area (Å²) in [7, 11) is 0. The Bertz CT molecular complexity index is 198. The molecule has 0 aliphatic carbocycles. The molecule has 0 radical (unpaired) electrons. The van der Waals surface area contributed by atoms with Crippen molar-refractivity contribution in [2.24, 2.45) is 0 Å². The van der Waals surface area contributed by atoms with Crippen molar-refractivity contribution < 1.29 is 4.79 Å². The topological polar surface area (TPSA) is 44.4 Å².